The van der Waals surface area contributed by atoms with Gasteiger partial charge in [-0.2, -0.15) is 0 Å². The van der Waals surface area contributed by atoms with E-state index in [0.717, 1.165) is 17.7 Å². The number of hydrogen-bond acceptors (Lipinski definition) is 4. The minimum absolute atomic E-state index is 0.0114. The van der Waals surface area contributed by atoms with Crippen LogP contribution in [-0.2, 0) is 16.1 Å². The second-order valence-corrected chi connectivity index (χ2v) is 4.86. The van der Waals surface area contributed by atoms with Gasteiger partial charge in [0.25, 0.3) is 0 Å². The van der Waals surface area contributed by atoms with Gasteiger partial charge in [-0.25, -0.2) is 0 Å². The Morgan fingerprint density at radius 1 is 1.14 bits per heavy atom. The first kappa shape index (κ1) is 15.2. The van der Waals surface area contributed by atoms with Gasteiger partial charge in [0.1, 0.15) is 0 Å². The third-order valence-corrected chi connectivity index (χ3v) is 3.10. The lowest BCUT2D eigenvalue weighted by molar-refractivity contribution is -0.137. The predicted molar refractivity (Wildman–Crippen MR) is 75.4 cm³/mol. The van der Waals surface area contributed by atoms with Crippen LogP contribution in [0, 0.1) is 0 Å². The molecule has 1 aromatic rings. The van der Waals surface area contributed by atoms with Crippen LogP contribution in [0.3, 0.4) is 0 Å². The topological polar surface area (TPSA) is 84.9 Å². The number of hydrogen-bond donors (Lipinski definition) is 2. The van der Waals surface area contributed by atoms with E-state index in [2.05, 4.69) is 5.32 Å². The van der Waals surface area contributed by atoms with Crippen LogP contribution in [0.15, 0.2) is 18.2 Å². The Labute approximate surface area is 123 Å². The Kier molecular flexibility index (Phi) is 5.43. The third-order valence-electron chi connectivity index (χ3n) is 3.10. The highest BCUT2D eigenvalue weighted by molar-refractivity contribution is 5.76. The Hall–Kier alpha value is -2.24. The molecule has 6 heteroatoms. The normalized spacial score (nSPS) is 13.3. The molecule has 114 valence electrons. The summed E-state index contributed by atoms with van der Waals surface area (Å²) >= 11 is 0. The number of aliphatic carboxylic acids is 1. The monoisotopic (exact) mass is 293 g/mol. The lowest BCUT2D eigenvalue weighted by atomic mass is 10.2. The van der Waals surface area contributed by atoms with Gasteiger partial charge in [-0.1, -0.05) is 6.07 Å². The minimum Gasteiger partial charge on any atom is -0.490 e. The maximum atomic E-state index is 11.6. The molecule has 2 rings (SSSR count). The number of carboxylic acid groups (broad SMARTS) is 1. The Morgan fingerprint density at radius 3 is 2.67 bits per heavy atom. The predicted octanol–water partition coefficient (Wildman–Crippen LogP) is 1.72. The molecule has 1 aliphatic rings. The molecule has 2 N–H and O–H groups in total. The average Bonchev–Trinajstić information content (AvgIpc) is 2.69. The maximum absolute atomic E-state index is 11.6. The van der Waals surface area contributed by atoms with Crippen LogP contribution >= 0.6 is 0 Å². The van der Waals surface area contributed by atoms with Gasteiger partial charge in [0.2, 0.25) is 5.91 Å². The molecule has 0 unspecified atom stereocenters. The second-order valence-electron chi connectivity index (χ2n) is 4.86. The SMILES string of the molecule is O=C(O)CCCC(=O)NCc1ccc2c(c1)OCCCO2. The zero-order chi connectivity index (χ0) is 15.1. The molecule has 1 aliphatic heterocycles. The van der Waals surface area contributed by atoms with Crippen molar-refractivity contribution in [1.82, 2.24) is 5.32 Å². The molecule has 0 saturated heterocycles. The molecule has 0 saturated carbocycles. The molecule has 6 nitrogen and oxygen atoms in total. The van der Waals surface area contributed by atoms with E-state index < -0.39 is 5.97 Å². The van der Waals surface area contributed by atoms with Crippen molar-refractivity contribution in [3.8, 4) is 11.5 Å². The van der Waals surface area contributed by atoms with Crippen molar-refractivity contribution in [1.29, 1.82) is 0 Å². The summed E-state index contributed by atoms with van der Waals surface area (Å²) in [4.78, 5) is 21.9. The summed E-state index contributed by atoms with van der Waals surface area (Å²) < 4.78 is 11.1. The van der Waals surface area contributed by atoms with Crippen molar-refractivity contribution in [2.45, 2.75) is 32.2 Å². The molecule has 0 atom stereocenters. The number of carbonyl (C=O) groups excluding carboxylic acids is 1. The highest BCUT2D eigenvalue weighted by atomic mass is 16.5. The van der Waals surface area contributed by atoms with E-state index in [9.17, 15) is 9.59 Å². The molecule has 0 aliphatic carbocycles. The molecule has 0 bridgehead atoms. The molecular formula is C15H19NO5. The standard InChI is InChI=1S/C15H19NO5/c17-14(3-1-4-15(18)19)16-10-11-5-6-12-13(9-11)21-8-2-7-20-12/h5-6,9H,1-4,7-8,10H2,(H,16,17)(H,18,19). The van der Waals surface area contributed by atoms with Gasteiger partial charge < -0.3 is 19.9 Å². The first-order chi connectivity index (χ1) is 10.1. The van der Waals surface area contributed by atoms with Crippen molar-refractivity contribution in [3.63, 3.8) is 0 Å². The van der Waals surface area contributed by atoms with E-state index in [1.54, 1.807) is 0 Å². The molecule has 1 amide bonds. The number of fused-ring (bicyclic) bond motifs is 1. The highest BCUT2D eigenvalue weighted by Gasteiger charge is 2.11. The molecular weight excluding hydrogens is 274 g/mol. The molecule has 21 heavy (non-hydrogen) atoms. The van der Waals surface area contributed by atoms with Crippen LogP contribution < -0.4 is 14.8 Å². The summed E-state index contributed by atoms with van der Waals surface area (Å²) in [5.74, 6) is 0.392. The van der Waals surface area contributed by atoms with E-state index in [0.29, 0.717) is 31.9 Å². The molecule has 0 aromatic heterocycles. The summed E-state index contributed by atoms with van der Waals surface area (Å²) in [6, 6.07) is 5.58. The molecule has 1 heterocycles. The smallest absolute Gasteiger partial charge is 0.303 e. The number of benzene rings is 1. The van der Waals surface area contributed by atoms with Gasteiger partial charge in [0.05, 0.1) is 13.2 Å². The fourth-order valence-electron chi connectivity index (χ4n) is 2.01. The van der Waals surface area contributed by atoms with Crippen molar-refractivity contribution in [3.05, 3.63) is 23.8 Å². The van der Waals surface area contributed by atoms with Gasteiger partial charge in [0.15, 0.2) is 11.5 Å². The fraction of sp³-hybridized carbons (Fsp3) is 0.467. The number of ether oxygens (including phenoxy) is 2. The van der Waals surface area contributed by atoms with E-state index in [4.69, 9.17) is 14.6 Å². The fourth-order valence-corrected chi connectivity index (χ4v) is 2.01. The summed E-state index contributed by atoms with van der Waals surface area (Å²) in [7, 11) is 0. The van der Waals surface area contributed by atoms with Gasteiger partial charge in [-0.05, 0) is 24.1 Å². The first-order valence-corrected chi connectivity index (χ1v) is 7.02. The van der Waals surface area contributed by atoms with Crippen LogP contribution in [0.2, 0.25) is 0 Å². The quantitative estimate of drug-likeness (QED) is 0.834. The van der Waals surface area contributed by atoms with E-state index in [1.165, 1.54) is 0 Å². The molecule has 0 radical (unpaired) electrons. The number of carbonyl (C=O) groups is 2. The third kappa shape index (κ3) is 4.98. The van der Waals surface area contributed by atoms with Gasteiger partial charge in [-0.3, -0.25) is 9.59 Å². The van der Waals surface area contributed by atoms with Gasteiger partial charge in [0, 0.05) is 25.8 Å². The average molecular weight is 293 g/mol. The minimum atomic E-state index is -0.884. The van der Waals surface area contributed by atoms with Crippen molar-refractivity contribution in [2.24, 2.45) is 0 Å². The van der Waals surface area contributed by atoms with Crippen LogP contribution in [0.25, 0.3) is 0 Å². The molecule has 1 aromatic carbocycles. The lowest BCUT2D eigenvalue weighted by Gasteiger charge is -2.10. The Morgan fingerprint density at radius 2 is 1.90 bits per heavy atom. The zero-order valence-electron chi connectivity index (χ0n) is 11.8. The van der Waals surface area contributed by atoms with Gasteiger partial charge in [-0.15, -0.1) is 0 Å². The van der Waals surface area contributed by atoms with Crippen LogP contribution in [0.5, 0.6) is 11.5 Å². The summed E-state index contributed by atoms with van der Waals surface area (Å²) in [6.45, 7) is 1.66. The molecule has 0 fully saturated rings. The van der Waals surface area contributed by atoms with E-state index in [-0.39, 0.29) is 18.7 Å². The second kappa shape index (κ2) is 7.52. The number of rotatable bonds is 6. The number of amides is 1. The summed E-state index contributed by atoms with van der Waals surface area (Å²) in [6.07, 6.45) is 1.43. The van der Waals surface area contributed by atoms with E-state index in [1.807, 2.05) is 18.2 Å². The number of carboxylic acids is 1. The van der Waals surface area contributed by atoms with Crippen molar-refractivity contribution < 1.29 is 24.2 Å². The van der Waals surface area contributed by atoms with Crippen molar-refractivity contribution in [2.75, 3.05) is 13.2 Å². The number of nitrogens with one attached hydrogen (secondary N) is 1. The van der Waals surface area contributed by atoms with Crippen LogP contribution in [0.4, 0.5) is 0 Å². The summed E-state index contributed by atoms with van der Waals surface area (Å²) in [5, 5.41) is 11.3. The first-order valence-electron chi connectivity index (χ1n) is 7.02. The zero-order valence-corrected chi connectivity index (χ0v) is 11.8. The maximum Gasteiger partial charge on any atom is 0.303 e. The van der Waals surface area contributed by atoms with E-state index >= 15 is 0 Å². The highest BCUT2D eigenvalue weighted by Crippen LogP contribution is 2.30. The lowest BCUT2D eigenvalue weighted by Crippen LogP contribution is -2.22. The van der Waals surface area contributed by atoms with Crippen LogP contribution in [-0.4, -0.2) is 30.2 Å². The molecule has 0 spiro atoms. The van der Waals surface area contributed by atoms with Crippen LogP contribution in [0.1, 0.15) is 31.2 Å². The summed E-state index contributed by atoms with van der Waals surface area (Å²) in [5.41, 5.74) is 0.922. The van der Waals surface area contributed by atoms with Gasteiger partial charge >= 0.3 is 5.97 Å². The van der Waals surface area contributed by atoms with Crippen molar-refractivity contribution >= 4 is 11.9 Å². The largest absolute Gasteiger partial charge is 0.490 e. The Bertz CT molecular complexity index is 515. The Balaban J connectivity index is 1.81.